The van der Waals surface area contributed by atoms with Crippen molar-refractivity contribution in [3.63, 3.8) is 0 Å². The van der Waals surface area contributed by atoms with Crippen molar-refractivity contribution in [2.45, 2.75) is 19.4 Å². The molecule has 2 rings (SSSR count). The fourth-order valence-electron chi connectivity index (χ4n) is 2.22. The van der Waals surface area contributed by atoms with E-state index in [1.54, 1.807) is 0 Å². The van der Waals surface area contributed by atoms with Crippen LogP contribution in [0.15, 0.2) is 24.3 Å². The molecule has 0 amide bonds. The molecule has 0 aliphatic carbocycles. The predicted octanol–water partition coefficient (Wildman–Crippen LogP) is 3.54. The summed E-state index contributed by atoms with van der Waals surface area (Å²) in [4.78, 5) is 0. The van der Waals surface area contributed by atoms with Gasteiger partial charge in [-0.2, -0.15) is 5.10 Å². The molecule has 0 fully saturated rings. The van der Waals surface area contributed by atoms with E-state index >= 15 is 0 Å². The first-order valence-electron chi connectivity index (χ1n) is 6.14. The number of likely N-dealkylation sites (N-methyl/N-ethyl adjacent to an activating group) is 1. The summed E-state index contributed by atoms with van der Waals surface area (Å²) in [5.74, 6) is 0. The highest BCUT2D eigenvalue weighted by Crippen LogP contribution is 2.28. The largest absolute Gasteiger partial charge is 0.313 e. The van der Waals surface area contributed by atoms with Crippen LogP contribution in [0.4, 0.5) is 0 Å². The summed E-state index contributed by atoms with van der Waals surface area (Å²) in [6.45, 7) is 1.91. The molecule has 0 aliphatic heterocycles. The first-order chi connectivity index (χ1) is 9.04. The maximum Gasteiger partial charge on any atom is 0.0847 e. The second-order valence-corrected chi connectivity index (χ2v) is 5.32. The van der Waals surface area contributed by atoms with E-state index in [2.05, 4.69) is 10.4 Å². The van der Waals surface area contributed by atoms with Crippen LogP contribution in [0.1, 0.15) is 23.0 Å². The molecule has 0 aliphatic rings. The first-order valence-corrected chi connectivity index (χ1v) is 6.89. The van der Waals surface area contributed by atoms with Gasteiger partial charge >= 0.3 is 0 Å². The maximum atomic E-state index is 6.30. The van der Waals surface area contributed by atoms with Crippen molar-refractivity contribution in [1.29, 1.82) is 0 Å². The summed E-state index contributed by atoms with van der Waals surface area (Å²) in [5.41, 5.74) is 2.94. The monoisotopic (exact) mass is 297 g/mol. The topological polar surface area (TPSA) is 29.9 Å². The summed E-state index contributed by atoms with van der Waals surface area (Å²) in [6.07, 6.45) is 0.746. The lowest BCUT2D eigenvalue weighted by atomic mass is 10.0. The molecule has 1 unspecified atom stereocenters. The number of benzene rings is 1. The van der Waals surface area contributed by atoms with E-state index in [9.17, 15) is 0 Å². The molecule has 19 heavy (non-hydrogen) atoms. The Morgan fingerprint density at radius 3 is 2.53 bits per heavy atom. The normalized spacial score (nSPS) is 12.7. The third-order valence-corrected chi connectivity index (χ3v) is 4.12. The lowest BCUT2D eigenvalue weighted by Gasteiger charge is -2.18. The quantitative estimate of drug-likeness (QED) is 0.935. The molecule has 2 aromatic rings. The minimum atomic E-state index is 0.112. The van der Waals surface area contributed by atoms with Crippen molar-refractivity contribution in [2.75, 3.05) is 7.05 Å². The van der Waals surface area contributed by atoms with Gasteiger partial charge in [-0.15, -0.1) is 0 Å². The summed E-state index contributed by atoms with van der Waals surface area (Å²) in [7, 11) is 3.83. The summed E-state index contributed by atoms with van der Waals surface area (Å²) in [5, 5.41) is 9.12. The molecule has 102 valence electrons. The molecule has 1 aromatic heterocycles. The molecule has 0 saturated carbocycles. The Kier molecular flexibility index (Phi) is 4.50. The van der Waals surface area contributed by atoms with E-state index < -0.39 is 0 Å². The Morgan fingerprint density at radius 1 is 1.32 bits per heavy atom. The van der Waals surface area contributed by atoms with Gasteiger partial charge in [0, 0.05) is 24.5 Å². The molecular weight excluding hydrogens is 281 g/mol. The first kappa shape index (κ1) is 14.4. The fraction of sp³-hybridized carbons (Fsp3) is 0.357. The Hall–Kier alpha value is -1.03. The van der Waals surface area contributed by atoms with E-state index in [0.717, 1.165) is 33.4 Å². The average molecular weight is 298 g/mol. The van der Waals surface area contributed by atoms with Crippen molar-refractivity contribution in [1.82, 2.24) is 15.1 Å². The zero-order valence-electron chi connectivity index (χ0n) is 11.2. The number of nitrogens with one attached hydrogen (secondary N) is 1. The zero-order valence-corrected chi connectivity index (χ0v) is 12.8. The highest BCUT2D eigenvalue weighted by atomic mass is 35.5. The summed E-state index contributed by atoms with van der Waals surface area (Å²) in [6, 6.07) is 7.96. The van der Waals surface area contributed by atoms with Gasteiger partial charge in [0.2, 0.25) is 0 Å². The molecule has 1 heterocycles. The number of nitrogens with zero attached hydrogens (tertiary/aromatic N) is 2. The molecule has 1 aromatic carbocycles. The Bertz CT molecular complexity index is 578. The second kappa shape index (κ2) is 5.95. The van der Waals surface area contributed by atoms with Gasteiger partial charge in [-0.25, -0.2) is 0 Å². The van der Waals surface area contributed by atoms with Crippen molar-refractivity contribution < 1.29 is 0 Å². The van der Waals surface area contributed by atoms with Gasteiger partial charge < -0.3 is 5.32 Å². The number of aromatic nitrogens is 2. The molecule has 0 bridgehead atoms. The molecule has 3 nitrogen and oxygen atoms in total. The van der Waals surface area contributed by atoms with Crippen molar-refractivity contribution >= 4 is 23.2 Å². The standard InChI is InChI=1S/C14H17Cl2N3/c1-9-14(16)13(19(3)18-9)8-12(17-2)10-6-4-5-7-11(10)15/h4-7,12,17H,8H2,1-3H3. The molecule has 0 saturated heterocycles. The zero-order chi connectivity index (χ0) is 14.0. The van der Waals surface area contributed by atoms with Crippen LogP contribution in [0, 0.1) is 6.92 Å². The lowest BCUT2D eigenvalue weighted by Crippen LogP contribution is -2.20. The van der Waals surface area contributed by atoms with Crippen molar-refractivity contribution in [2.24, 2.45) is 7.05 Å². The highest BCUT2D eigenvalue weighted by Gasteiger charge is 2.18. The number of hydrogen-bond donors (Lipinski definition) is 1. The van der Waals surface area contributed by atoms with Crippen LogP contribution in [-0.2, 0) is 13.5 Å². The molecule has 0 spiro atoms. The van der Waals surface area contributed by atoms with Crippen LogP contribution in [0.2, 0.25) is 10.0 Å². The van der Waals surface area contributed by atoms with Crippen LogP contribution in [0.5, 0.6) is 0 Å². The van der Waals surface area contributed by atoms with Crippen molar-refractivity contribution in [3.05, 3.63) is 51.3 Å². The van der Waals surface area contributed by atoms with Crippen molar-refractivity contribution in [3.8, 4) is 0 Å². The van der Waals surface area contributed by atoms with Gasteiger partial charge in [0.05, 0.1) is 16.4 Å². The maximum absolute atomic E-state index is 6.30. The van der Waals surface area contributed by atoms with Gasteiger partial charge in [0.15, 0.2) is 0 Å². The van der Waals surface area contributed by atoms with Crippen LogP contribution < -0.4 is 5.32 Å². The lowest BCUT2D eigenvalue weighted by molar-refractivity contribution is 0.561. The highest BCUT2D eigenvalue weighted by molar-refractivity contribution is 6.32. The smallest absolute Gasteiger partial charge is 0.0847 e. The Labute approximate surface area is 123 Å². The van der Waals surface area contributed by atoms with Gasteiger partial charge in [0.25, 0.3) is 0 Å². The fourth-order valence-corrected chi connectivity index (χ4v) is 2.73. The second-order valence-electron chi connectivity index (χ2n) is 4.54. The average Bonchev–Trinajstić information content (AvgIpc) is 2.63. The predicted molar refractivity (Wildman–Crippen MR) is 79.9 cm³/mol. The molecule has 1 atom stereocenters. The third-order valence-electron chi connectivity index (χ3n) is 3.29. The van der Waals surface area contributed by atoms with E-state index in [1.165, 1.54) is 0 Å². The van der Waals surface area contributed by atoms with E-state index in [0.29, 0.717) is 0 Å². The molecule has 1 N–H and O–H groups in total. The Morgan fingerprint density at radius 2 is 2.00 bits per heavy atom. The van der Waals surface area contributed by atoms with E-state index in [-0.39, 0.29) is 6.04 Å². The minimum Gasteiger partial charge on any atom is -0.313 e. The SMILES string of the molecule is CNC(Cc1c(Cl)c(C)nn1C)c1ccccc1Cl. The molecule has 5 heteroatoms. The molecule has 0 radical (unpaired) electrons. The number of halogens is 2. The Balaban J connectivity index is 2.32. The summed E-state index contributed by atoms with van der Waals surface area (Å²) < 4.78 is 1.83. The van der Waals surface area contributed by atoms with E-state index in [1.807, 2.05) is 50.0 Å². The molecular formula is C14H17Cl2N3. The van der Waals surface area contributed by atoms with Crippen LogP contribution >= 0.6 is 23.2 Å². The van der Waals surface area contributed by atoms with Crippen LogP contribution in [0.25, 0.3) is 0 Å². The number of aryl methyl sites for hydroxylation is 2. The number of rotatable bonds is 4. The minimum absolute atomic E-state index is 0.112. The van der Waals surface area contributed by atoms with E-state index in [4.69, 9.17) is 23.2 Å². The van der Waals surface area contributed by atoms with Gasteiger partial charge in [-0.1, -0.05) is 41.4 Å². The van der Waals surface area contributed by atoms with Gasteiger partial charge in [-0.05, 0) is 25.6 Å². The number of hydrogen-bond acceptors (Lipinski definition) is 2. The third kappa shape index (κ3) is 2.94. The van der Waals surface area contributed by atoms with Gasteiger partial charge in [-0.3, -0.25) is 4.68 Å². The van der Waals surface area contributed by atoms with Crippen LogP contribution in [-0.4, -0.2) is 16.8 Å². The van der Waals surface area contributed by atoms with Gasteiger partial charge in [0.1, 0.15) is 0 Å². The van der Waals surface area contributed by atoms with Crippen LogP contribution in [0.3, 0.4) is 0 Å². The summed E-state index contributed by atoms with van der Waals surface area (Å²) >= 11 is 12.6.